The second-order valence-corrected chi connectivity index (χ2v) is 7.62. The van der Waals surface area contributed by atoms with E-state index in [9.17, 15) is 23.2 Å². The minimum atomic E-state index is -2.58. The summed E-state index contributed by atoms with van der Waals surface area (Å²) in [4.78, 5) is 41.8. The van der Waals surface area contributed by atoms with Gasteiger partial charge < -0.3 is 20.0 Å². The fourth-order valence-corrected chi connectivity index (χ4v) is 3.86. The number of halogens is 2. The molecule has 1 N–H and O–H groups in total. The molecule has 28 heavy (non-hydrogen) atoms. The molecule has 0 radical (unpaired) electrons. The highest BCUT2D eigenvalue weighted by molar-refractivity contribution is 7.99. The zero-order valence-electron chi connectivity index (χ0n) is 15.3. The number of hydrogen-bond acceptors (Lipinski definition) is 4. The van der Waals surface area contributed by atoms with Crippen molar-refractivity contribution in [3.63, 3.8) is 0 Å². The van der Waals surface area contributed by atoms with Gasteiger partial charge in [0.15, 0.2) is 0 Å². The molecule has 2 aliphatic heterocycles. The Bertz CT molecular complexity index is 735. The van der Waals surface area contributed by atoms with Crippen molar-refractivity contribution in [2.24, 2.45) is 0 Å². The lowest BCUT2D eigenvalue weighted by Crippen LogP contribution is -2.54. The van der Waals surface area contributed by atoms with Gasteiger partial charge in [-0.05, 0) is 25.0 Å². The summed E-state index contributed by atoms with van der Waals surface area (Å²) in [6, 6.07) is 5.96. The van der Waals surface area contributed by atoms with Gasteiger partial charge >= 0.3 is 17.8 Å². The molecular weight excluding hydrogens is 390 g/mol. The molecule has 3 rings (SSSR count). The number of nitrogens with one attached hydrogen (secondary N) is 1. The number of urea groups is 1. The van der Waals surface area contributed by atoms with Crippen molar-refractivity contribution in [1.29, 1.82) is 0 Å². The average molecular weight is 412 g/mol. The molecule has 7 nitrogen and oxygen atoms in total. The Morgan fingerprint density at radius 1 is 0.857 bits per heavy atom. The number of nitrogens with zero attached hydrogens (tertiary/aromatic N) is 3. The molecule has 0 aliphatic carbocycles. The first-order chi connectivity index (χ1) is 13.5. The van der Waals surface area contributed by atoms with Gasteiger partial charge in [-0.25, -0.2) is 4.79 Å². The maximum atomic E-state index is 12.7. The number of amides is 4. The molecule has 0 unspecified atom stereocenters. The number of hydrogen-bond donors (Lipinski definition) is 1. The lowest BCUT2D eigenvalue weighted by atomic mass is 10.3. The Kier molecular flexibility index (Phi) is 6.71. The van der Waals surface area contributed by atoms with Gasteiger partial charge in [0.1, 0.15) is 0 Å². The first-order valence-electron chi connectivity index (χ1n) is 9.13. The number of likely N-dealkylation sites (tertiary alicyclic amines) is 1. The van der Waals surface area contributed by atoms with E-state index in [1.165, 1.54) is 15.9 Å². The van der Waals surface area contributed by atoms with Crippen molar-refractivity contribution < 1.29 is 23.2 Å². The SMILES string of the molecule is O=C(Nc1ccccc1SC(F)F)N1CCN(C(=O)C(=O)N2CCCC2)CC1. The topological polar surface area (TPSA) is 73.0 Å². The van der Waals surface area contributed by atoms with Gasteiger partial charge in [-0.3, -0.25) is 9.59 Å². The molecule has 2 saturated heterocycles. The van der Waals surface area contributed by atoms with E-state index < -0.39 is 23.6 Å². The number of thioether (sulfide) groups is 1. The Hall–Kier alpha value is -2.36. The van der Waals surface area contributed by atoms with Crippen LogP contribution in [0.1, 0.15) is 12.8 Å². The van der Waals surface area contributed by atoms with Crippen LogP contribution >= 0.6 is 11.8 Å². The van der Waals surface area contributed by atoms with Crippen LogP contribution in [0.3, 0.4) is 0 Å². The van der Waals surface area contributed by atoms with E-state index in [1.54, 1.807) is 23.1 Å². The number of para-hydroxylation sites is 1. The van der Waals surface area contributed by atoms with Crippen LogP contribution in [-0.4, -0.2) is 77.6 Å². The number of carbonyl (C=O) groups is 3. The Balaban J connectivity index is 1.53. The smallest absolute Gasteiger partial charge is 0.321 e. The molecule has 10 heteroatoms. The molecule has 2 heterocycles. The predicted octanol–water partition coefficient (Wildman–Crippen LogP) is 2.30. The minimum absolute atomic E-state index is 0.263. The van der Waals surface area contributed by atoms with Crippen molar-refractivity contribution in [2.75, 3.05) is 44.6 Å². The van der Waals surface area contributed by atoms with Crippen molar-refractivity contribution in [3.05, 3.63) is 24.3 Å². The third-order valence-electron chi connectivity index (χ3n) is 4.78. The highest BCUT2D eigenvalue weighted by Crippen LogP contribution is 2.31. The lowest BCUT2D eigenvalue weighted by molar-refractivity contribution is -0.152. The van der Waals surface area contributed by atoms with Gasteiger partial charge in [-0.2, -0.15) is 8.78 Å². The predicted molar refractivity (Wildman–Crippen MR) is 101 cm³/mol. The molecule has 0 spiro atoms. The number of benzene rings is 1. The third-order valence-corrected chi connectivity index (χ3v) is 5.56. The second-order valence-electron chi connectivity index (χ2n) is 6.58. The van der Waals surface area contributed by atoms with E-state index in [-0.39, 0.29) is 31.1 Å². The molecular formula is C18H22F2N4O3S. The number of anilines is 1. The summed E-state index contributed by atoms with van der Waals surface area (Å²) >= 11 is 0.372. The normalized spacial score (nSPS) is 17.2. The van der Waals surface area contributed by atoms with Crippen LogP contribution in [-0.2, 0) is 9.59 Å². The number of alkyl halides is 2. The van der Waals surface area contributed by atoms with Crippen molar-refractivity contribution in [2.45, 2.75) is 23.5 Å². The highest BCUT2D eigenvalue weighted by atomic mass is 32.2. The number of piperazine rings is 1. The van der Waals surface area contributed by atoms with Crippen LogP contribution in [0.2, 0.25) is 0 Å². The van der Waals surface area contributed by atoms with Gasteiger partial charge in [0.05, 0.1) is 5.69 Å². The van der Waals surface area contributed by atoms with E-state index in [0.717, 1.165) is 12.8 Å². The lowest BCUT2D eigenvalue weighted by Gasteiger charge is -2.35. The zero-order valence-corrected chi connectivity index (χ0v) is 16.1. The fourth-order valence-electron chi connectivity index (χ4n) is 3.27. The Morgan fingerprint density at radius 3 is 2.00 bits per heavy atom. The first kappa shape index (κ1) is 20.4. The van der Waals surface area contributed by atoms with E-state index in [0.29, 0.717) is 30.5 Å². The highest BCUT2D eigenvalue weighted by Gasteiger charge is 2.31. The van der Waals surface area contributed by atoms with Crippen LogP contribution in [0, 0.1) is 0 Å². The molecule has 2 aliphatic rings. The summed E-state index contributed by atoms with van der Waals surface area (Å²) in [6.07, 6.45) is 1.83. The number of rotatable bonds is 3. The molecule has 0 atom stereocenters. The molecule has 4 amide bonds. The van der Waals surface area contributed by atoms with Crippen LogP contribution < -0.4 is 5.32 Å². The maximum absolute atomic E-state index is 12.7. The van der Waals surface area contributed by atoms with E-state index in [4.69, 9.17) is 0 Å². The van der Waals surface area contributed by atoms with Gasteiger partial charge in [0, 0.05) is 44.2 Å². The molecule has 0 bridgehead atoms. The van der Waals surface area contributed by atoms with Gasteiger partial charge in [0.25, 0.3) is 5.76 Å². The van der Waals surface area contributed by atoms with Gasteiger partial charge in [0.2, 0.25) is 0 Å². The van der Waals surface area contributed by atoms with Crippen molar-refractivity contribution in [1.82, 2.24) is 14.7 Å². The summed E-state index contributed by atoms with van der Waals surface area (Å²) in [6.45, 7) is 2.30. The standard InChI is InChI=1S/C18H22F2N4O3S/c19-17(20)28-14-6-2-1-5-13(14)21-18(27)24-11-9-23(10-12-24)16(26)15(25)22-7-3-4-8-22/h1-2,5-6,17H,3-4,7-12H2,(H,21,27). The van der Waals surface area contributed by atoms with E-state index in [2.05, 4.69) is 5.32 Å². The van der Waals surface area contributed by atoms with Gasteiger partial charge in [-0.1, -0.05) is 23.9 Å². The molecule has 1 aromatic rings. The van der Waals surface area contributed by atoms with E-state index >= 15 is 0 Å². The second kappa shape index (κ2) is 9.22. The van der Waals surface area contributed by atoms with Crippen molar-refractivity contribution in [3.8, 4) is 0 Å². The van der Waals surface area contributed by atoms with Crippen LogP contribution in [0.5, 0.6) is 0 Å². The molecule has 152 valence electrons. The molecule has 1 aromatic carbocycles. The van der Waals surface area contributed by atoms with Crippen LogP contribution in [0.25, 0.3) is 0 Å². The van der Waals surface area contributed by atoms with Crippen LogP contribution in [0.15, 0.2) is 29.2 Å². The largest absolute Gasteiger partial charge is 0.334 e. The molecule has 2 fully saturated rings. The molecule has 0 aromatic heterocycles. The summed E-state index contributed by atoms with van der Waals surface area (Å²) < 4.78 is 25.3. The van der Waals surface area contributed by atoms with Crippen LogP contribution in [0.4, 0.5) is 19.3 Å². The Morgan fingerprint density at radius 2 is 1.39 bits per heavy atom. The summed E-state index contributed by atoms with van der Waals surface area (Å²) in [7, 11) is 0. The quantitative estimate of drug-likeness (QED) is 0.611. The summed E-state index contributed by atoms with van der Waals surface area (Å²) in [5.74, 6) is -3.59. The van der Waals surface area contributed by atoms with Gasteiger partial charge in [-0.15, -0.1) is 0 Å². The van der Waals surface area contributed by atoms with E-state index in [1.807, 2.05) is 0 Å². The third kappa shape index (κ3) is 4.92. The Labute approximate surface area is 166 Å². The fraction of sp³-hybridized carbons (Fsp3) is 0.500. The summed E-state index contributed by atoms with van der Waals surface area (Å²) in [5, 5.41) is 2.65. The minimum Gasteiger partial charge on any atom is -0.334 e. The zero-order chi connectivity index (χ0) is 20.1. The van der Waals surface area contributed by atoms with Crippen molar-refractivity contribution >= 4 is 35.3 Å². The maximum Gasteiger partial charge on any atom is 0.321 e. The molecule has 0 saturated carbocycles. The number of carbonyl (C=O) groups excluding carboxylic acids is 3. The monoisotopic (exact) mass is 412 g/mol. The average Bonchev–Trinajstić information content (AvgIpc) is 3.23. The summed E-state index contributed by atoms with van der Waals surface area (Å²) in [5.41, 5.74) is 0.320. The first-order valence-corrected chi connectivity index (χ1v) is 10.0.